The fourth-order valence-corrected chi connectivity index (χ4v) is 4.11. The van der Waals surface area contributed by atoms with Crippen LogP contribution in [-0.4, -0.2) is 46.0 Å². The Morgan fingerprint density at radius 3 is 2.55 bits per heavy atom. The molecule has 0 atom stereocenters. The van der Waals surface area contributed by atoms with E-state index >= 15 is 0 Å². The Kier molecular flexibility index (Phi) is 5.54. The van der Waals surface area contributed by atoms with E-state index < -0.39 is 0 Å². The number of rotatable bonds is 4. The Bertz CT molecular complexity index is 1160. The molecule has 5 nitrogen and oxygen atoms in total. The molecule has 1 saturated heterocycles. The summed E-state index contributed by atoms with van der Waals surface area (Å²) in [4.78, 5) is 18.8. The summed E-state index contributed by atoms with van der Waals surface area (Å²) in [5, 5.41) is 1.07. The van der Waals surface area contributed by atoms with E-state index in [9.17, 15) is 4.39 Å². The van der Waals surface area contributed by atoms with E-state index in [1.54, 1.807) is 12.4 Å². The van der Waals surface area contributed by atoms with Crippen LogP contribution in [-0.2, 0) is 6.54 Å². The normalized spacial score (nSPS) is 15.2. The summed E-state index contributed by atoms with van der Waals surface area (Å²) in [6.07, 6.45) is 4.61. The predicted molar refractivity (Wildman–Crippen MR) is 121 cm³/mol. The van der Waals surface area contributed by atoms with Gasteiger partial charge >= 0.3 is 0 Å². The van der Waals surface area contributed by atoms with E-state index in [0.29, 0.717) is 5.82 Å². The Balaban J connectivity index is 1.41. The monoisotopic (exact) mass is 413 g/mol. The van der Waals surface area contributed by atoms with Gasteiger partial charge in [-0.25, -0.2) is 14.4 Å². The van der Waals surface area contributed by atoms with Crippen LogP contribution in [0.2, 0.25) is 0 Å². The van der Waals surface area contributed by atoms with E-state index in [1.165, 1.54) is 12.1 Å². The van der Waals surface area contributed by atoms with Gasteiger partial charge in [0.2, 0.25) is 0 Å². The molecule has 0 spiro atoms. The Morgan fingerprint density at radius 2 is 1.71 bits per heavy atom. The minimum atomic E-state index is -0.189. The molecule has 1 fully saturated rings. The van der Waals surface area contributed by atoms with Crippen LogP contribution in [0.3, 0.4) is 0 Å². The van der Waals surface area contributed by atoms with E-state index in [4.69, 9.17) is 9.97 Å². The number of pyridine rings is 1. The Morgan fingerprint density at radius 1 is 0.839 bits per heavy atom. The number of hydrogen-bond donors (Lipinski definition) is 0. The molecule has 0 radical (unpaired) electrons. The molecule has 1 aliphatic rings. The van der Waals surface area contributed by atoms with Crippen LogP contribution < -0.4 is 4.90 Å². The topological polar surface area (TPSA) is 45.2 Å². The van der Waals surface area contributed by atoms with Crippen molar-refractivity contribution in [1.29, 1.82) is 0 Å². The van der Waals surface area contributed by atoms with Crippen molar-refractivity contribution in [2.24, 2.45) is 0 Å². The maximum Gasteiger partial charge on any atom is 0.163 e. The van der Waals surface area contributed by atoms with Crippen molar-refractivity contribution in [3.63, 3.8) is 0 Å². The number of halogens is 1. The Hall–Kier alpha value is -3.38. The molecule has 0 N–H and O–H groups in total. The van der Waals surface area contributed by atoms with Gasteiger partial charge in [0.15, 0.2) is 5.82 Å². The van der Waals surface area contributed by atoms with Gasteiger partial charge < -0.3 is 4.90 Å². The molecule has 0 bridgehead atoms. The first-order valence-electron chi connectivity index (χ1n) is 10.7. The quantitative estimate of drug-likeness (QED) is 0.491. The van der Waals surface area contributed by atoms with Crippen LogP contribution in [0.5, 0.6) is 0 Å². The van der Waals surface area contributed by atoms with Crippen LogP contribution in [0, 0.1) is 5.82 Å². The molecular weight excluding hydrogens is 389 g/mol. The molecule has 1 aliphatic heterocycles. The van der Waals surface area contributed by atoms with Gasteiger partial charge in [-0.3, -0.25) is 9.88 Å². The van der Waals surface area contributed by atoms with Crippen LogP contribution in [0.1, 0.15) is 12.0 Å². The van der Waals surface area contributed by atoms with Crippen molar-refractivity contribution < 1.29 is 4.39 Å². The lowest BCUT2D eigenvalue weighted by Gasteiger charge is -2.24. The average Bonchev–Trinajstić information content (AvgIpc) is 3.06. The van der Waals surface area contributed by atoms with Crippen molar-refractivity contribution in [3.05, 3.63) is 84.4 Å². The first-order valence-corrected chi connectivity index (χ1v) is 10.7. The number of hydrogen-bond acceptors (Lipinski definition) is 5. The van der Waals surface area contributed by atoms with Gasteiger partial charge in [-0.15, -0.1) is 0 Å². The van der Waals surface area contributed by atoms with E-state index in [-0.39, 0.29) is 5.82 Å². The molecule has 156 valence electrons. The summed E-state index contributed by atoms with van der Waals surface area (Å²) in [6, 6.07) is 18.9. The van der Waals surface area contributed by atoms with Crippen molar-refractivity contribution in [1.82, 2.24) is 19.9 Å². The molecule has 3 heterocycles. The predicted octanol–water partition coefficient (Wildman–Crippen LogP) is 4.54. The van der Waals surface area contributed by atoms with Gasteiger partial charge in [0.1, 0.15) is 11.6 Å². The molecule has 0 unspecified atom stereocenters. The largest absolute Gasteiger partial charge is 0.355 e. The van der Waals surface area contributed by atoms with Gasteiger partial charge in [0, 0.05) is 56.1 Å². The zero-order valence-electron chi connectivity index (χ0n) is 17.3. The zero-order chi connectivity index (χ0) is 21.0. The molecule has 0 saturated carbocycles. The van der Waals surface area contributed by atoms with Crippen LogP contribution in [0.15, 0.2) is 73.1 Å². The highest BCUT2D eigenvalue weighted by Gasteiger charge is 2.20. The lowest BCUT2D eigenvalue weighted by atomic mass is 10.2. The molecule has 0 aliphatic carbocycles. The summed E-state index contributed by atoms with van der Waals surface area (Å²) >= 11 is 0. The molecule has 2 aromatic carbocycles. The molecule has 5 rings (SSSR count). The highest BCUT2D eigenvalue weighted by Crippen LogP contribution is 2.28. The maximum absolute atomic E-state index is 13.2. The van der Waals surface area contributed by atoms with Gasteiger partial charge in [-0.1, -0.05) is 24.3 Å². The van der Waals surface area contributed by atoms with Crippen molar-refractivity contribution >= 4 is 16.7 Å². The molecular formula is C25H24FN5. The second kappa shape index (κ2) is 8.78. The van der Waals surface area contributed by atoms with E-state index in [0.717, 1.165) is 67.0 Å². The molecule has 0 amide bonds. The fraction of sp³-hybridized carbons (Fsp3) is 0.240. The third kappa shape index (κ3) is 4.39. The second-order valence-corrected chi connectivity index (χ2v) is 7.87. The third-order valence-corrected chi connectivity index (χ3v) is 5.71. The van der Waals surface area contributed by atoms with E-state index in [2.05, 4.69) is 20.9 Å². The lowest BCUT2D eigenvalue weighted by Crippen LogP contribution is -2.31. The highest BCUT2D eigenvalue weighted by atomic mass is 19.1. The average molecular weight is 414 g/mol. The second-order valence-electron chi connectivity index (χ2n) is 7.87. The van der Waals surface area contributed by atoms with Crippen LogP contribution in [0.4, 0.5) is 10.2 Å². The molecule has 4 aromatic rings. The van der Waals surface area contributed by atoms with Crippen LogP contribution >= 0.6 is 0 Å². The Labute approximate surface area is 181 Å². The minimum Gasteiger partial charge on any atom is -0.355 e. The van der Waals surface area contributed by atoms with Gasteiger partial charge in [-0.2, -0.15) is 0 Å². The molecule has 2 aromatic heterocycles. The number of fused-ring (bicyclic) bond motifs is 1. The first kappa shape index (κ1) is 19.6. The van der Waals surface area contributed by atoms with Gasteiger partial charge in [0.25, 0.3) is 0 Å². The zero-order valence-corrected chi connectivity index (χ0v) is 17.3. The van der Waals surface area contributed by atoms with E-state index in [1.807, 2.05) is 42.5 Å². The first-order chi connectivity index (χ1) is 15.3. The summed E-state index contributed by atoms with van der Waals surface area (Å²) < 4.78 is 13.2. The lowest BCUT2D eigenvalue weighted by molar-refractivity contribution is 0.285. The van der Waals surface area contributed by atoms with Crippen molar-refractivity contribution in [2.75, 3.05) is 31.1 Å². The highest BCUT2D eigenvalue weighted by molar-refractivity contribution is 5.91. The maximum atomic E-state index is 13.2. The number of aromatic nitrogens is 3. The summed E-state index contributed by atoms with van der Waals surface area (Å²) in [5.41, 5.74) is 3.00. The van der Waals surface area contributed by atoms with Crippen LogP contribution in [0.25, 0.3) is 22.3 Å². The third-order valence-electron chi connectivity index (χ3n) is 5.71. The van der Waals surface area contributed by atoms with Gasteiger partial charge in [0.05, 0.1) is 5.52 Å². The van der Waals surface area contributed by atoms with Crippen molar-refractivity contribution in [2.45, 2.75) is 13.0 Å². The van der Waals surface area contributed by atoms with Crippen molar-refractivity contribution in [3.8, 4) is 11.4 Å². The molecule has 31 heavy (non-hydrogen) atoms. The smallest absolute Gasteiger partial charge is 0.163 e. The number of anilines is 1. The minimum absolute atomic E-state index is 0.189. The summed E-state index contributed by atoms with van der Waals surface area (Å²) in [7, 11) is 0. The number of nitrogens with zero attached hydrogens (tertiary/aromatic N) is 5. The van der Waals surface area contributed by atoms with Gasteiger partial charge in [-0.05, 0) is 48.4 Å². The number of para-hydroxylation sites is 1. The number of benzene rings is 2. The summed E-state index contributed by atoms with van der Waals surface area (Å²) in [6.45, 7) is 4.59. The summed E-state index contributed by atoms with van der Waals surface area (Å²) in [5.74, 6) is 1.49. The SMILES string of the molecule is Fc1ccc(CN2CCCN(c3nc(-c4cccnc4)nc4ccccc34)CC2)cc1. The fourth-order valence-electron chi connectivity index (χ4n) is 4.11. The molecule has 6 heteroatoms. The standard InChI is InChI=1S/C25H24FN5/c26-21-10-8-19(9-11-21)18-30-13-4-14-31(16-15-30)25-22-6-1-2-7-23(22)28-24(29-25)20-5-3-12-27-17-20/h1-3,5-12,17H,4,13-16,18H2.